The molecule has 0 fully saturated rings. The van der Waals surface area contributed by atoms with E-state index in [1.165, 1.54) is 4.52 Å². The predicted molar refractivity (Wildman–Crippen MR) is 122 cm³/mol. The van der Waals surface area contributed by atoms with Crippen molar-refractivity contribution in [3.8, 4) is 40.0 Å². The number of fused-ring (bicyclic) bond motifs is 2. The van der Waals surface area contributed by atoms with Crippen molar-refractivity contribution >= 4 is 16.6 Å². The average Bonchev–Trinajstić information content (AvgIpc) is 3.21. The molecule has 0 unspecified atom stereocenters. The Morgan fingerprint density at radius 1 is 1.15 bits per heavy atom. The third-order valence-electron chi connectivity index (χ3n) is 5.59. The zero-order valence-electron chi connectivity index (χ0n) is 18.1. The topological polar surface area (TPSA) is 114 Å². The van der Waals surface area contributed by atoms with E-state index in [2.05, 4.69) is 16.2 Å². The van der Waals surface area contributed by atoms with Crippen LogP contribution in [0.4, 0.5) is 0 Å². The van der Waals surface area contributed by atoms with Gasteiger partial charge in [0.05, 0.1) is 18.2 Å². The van der Waals surface area contributed by atoms with E-state index >= 15 is 0 Å². The van der Waals surface area contributed by atoms with Crippen molar-refractivity contribution in [1.29, 1.82) is 5.26 Å². The van der Waals surface area contributed by atoms with Crippen LogP contribution in [0.15, 0.2) is 57.7 Å². The number of aromatic hydroxyl groups is 1. The number of benzene rings is 2. The number of para-hydroxylation sites is 1. The quantitative estimate of drug-likeness (QED) is 0.416. The van der Waals surface area contributed by atoms with Gasteiger partial charge in [0.15, 0.2) is 5.65 Å². The van der Waals surface area contributed by atoms with Crippen LogP contribution >= 0.6 is 0 Å². The Kier molecular flexibility index (Phi) is 4.61. The maximum Gasteiger partial charge on any atom is 0.349 e. The number of nitrogens with zero attached hydrogens (tertiary/aromatic N) is 4. The number of aromatic nitrogens is 3. The molecule has 0 radical (unpaired) electrons. The number of ether oxygens (including phenoxy) is 1. The third kappa shape index (κ3) is 3.10. The monoisotopic (exact) mass is 438 g/mol. The molecular weight excluding hydrogens is 420 g/mol. The molecule has 8 heteroatoms. The molecule has 3 heterocycles. The molecule has 0 aliphatic carbocycles. The third-order valence-corrected chi connectivity index (χ3v) is 5.59. The number of aryl methyl sites for hydroxylation is 2. The van der Waals surface area contributed by atoms with Gasteiger partial charge in [0.1, 0.15) is 40.1 Å². The molecule has 162 valence electrons. The molecule has 33 heavy (non-hydrogen) atoms. The zero-order valence-corrected chi connectivity index (χ0v) is 18.1. The van der Waals surface area contributed by atoms with Crippen LogP contribution in [0, 0.1) is 25.2 Å². The molecule has 0 aliphatic rings. The van der Waals surface area contributed by atoms with Crippen LogP contribution in [0.5, 0.6) is 11.5 Å². The van der Waals surface area contributed by atoms with Crippen LogP contribution in [0.2, 0.25) is 0 Å². The van der Waals surface area contributed by atoms with Crippen LogP contribution < -0.4 is 10.4 Å². The van der Waals surface area contributed by atoms with Gasteiger partial charge in [-0.2, -0.15) is 10.4 Å². The second-order valence-corrected chi connectivity index (χ2v) is 7.62. The van der Waals surface area contributed by atoms with Gasteiger partial charge in [-0.1, -0.05) is 24.3 Å². The fourth-order valence-electron chi connectivity index (χ4n) is 4.00. The molecule has 1 N–H and O–H groups in total. The van der Waals surface area contributed by atoms with Crippen LogP contribution in [0.3, 0.4) is 0 Å². The van der Waals surface area contributed by atoms with Crippen molar-refractivity contribution in [2.45, 2.75) is 13.8 Å². The lowest BCUT2D eigenvalue weighted by molar-refractivity contribution is 0.415. The molecular formula is C25H18N4O4. The first kappa shape index (κ1) is 20.3. The van der Waals surface area contributed by atoms with Crippen molar-refractivity contribution in [2.24, 2.45) is 0 Å². The summed E-state index contributed by atoms with van der Waals surface area (Å²) < 4.78 is 12.2. The van der Waals surface area contributed by atoms with Crippen molar-refractivity contribution in [3.05, 3.63) is 75.9 Å². The van der Waals surface area contributed by atoms with Crippen LogP contribution in [-0.2, 0) is 0 Å². The summed E-state index contributed by atoms with van der Waals surface area (Å²) in [5, 5.41) is 25.9. The lowest BCUT2D eigenvalue weighted by Gasteiger charge is -2.13. The standard InChI is InChI=1S/C25H18N4O4/c1-13-5-4-6-17-22(30)21(25(31)33-23(13)17)20-11-18(15-7-9-16(32-3)10-8-15)19(12-26)24-27-14(2)28-29(20)24/h4-11,30H,1-3H3. The van der Waals surface area contributed by atoms with Gasteiger partial charge in [-0.15, -0.1) is 0 Å². The van der Waals surface area contributed by atoms with E-state index < -0.39 is 5.63 Å². The Balaban J connectivity index is 1.90. The van der Waals surface area contributed by atoms with E-state index in [-0.39, 0.29) is 22.7 Å². The van der Waals surface area contributed by atoms with E-state index in [1.807, 2.05) is 12.1 Å². The summed E-state index contributed by atoms with van der Waals surface area (Å²) in [5.41, 5.74) is 2.38. The highest BCUT2D eigenvalue weighted by molar-refractivity contribution is 5.93. The van der Waals surface area contributed by atoms with E-state index in [0.29, 0.717) is 33.7 Å². The maximum atomic E-state index is 13.1. The molecule has 2 aromatic carbocycles. The first-order valence-electron chi connectivity index (χ1n) is 10.1. The molecule has 8 nitrogen and oxygen atoms in total. The number of pyridine rings is 1. The number of rotatable bonds is 3. The van der Waals surface area contributed by atoms with Crippen molar-refractivity contribution in [1.82, 2.24) is 14.6 Å². The molecule has 0 bridgehead atoms. The normalized spacial score (nSPS) is 11.1. The highest BCUT2D eigenvalue weighted by Gasteiger charge is 2.24. The van der Waals surface area contributed by atoms with E-state index in [9.17, 15) is 15.2 Å². The Morgan fingerprint density at radius 3 is 2.61 bits per heavy atom. The minimum absolute atomic E-state index is 0.0535. The second kappa shape index (κ2) is 7.50. The van der Waals surface area contributed by atoms with E-state index in [0.717, 1.165) is 11.1 Å². The highest BCUT2D eigenvalue weighted by atomic mass is 16.5. The summed E-state index contributed by atoms with van der Waals surface area (Å²) in [6.07, 6.45) is 0. The van der Waals surface area contributed by atoms with Gasteiger partial charge in [0, 0.05) is 5.56 Å². The SMILES string of the molecule is COc1ccc(-c2cc(-c3c(O)c4cccc(C)c4oc3=O)n3nc(C)nc3c2C#N)cc1. The molecule has 0 atom stereocenters. The van der Waals surface area contributed by atoms with Gasteiger partial charge in [0.25, 0.3) is 0 Å². The smallest absolute Gasteiger partial charge is 0.349 e. The Labute approximate surface area is 187 Å². The van der Waals surface area contributed by atoms with Crippen molar-refractivity contribution in [2.75, 3.05) is 7.11 Å². The number of hydrogen-bond acceptors (Lipinski definition) is 7. The van der Waals surface area contributed by atoms with Crippen molar-refractivity contribution < 1.29 is 14.3 Å². The van der Waals surface area contributed by atoms with Crippen LogP contribution in [0.1, 0.15) is 17.0 Å². The fraction of sp³-hybridized carbons (Fsp3) is 0.120. The van der Waals surface area contributed by atoms with E-state index in [4.69, 9.17) is 9.15 Å². The predicted octanol–water partition coefficient (Wildman–Crippen LogP) is 4.37. The molecule has 0 saturated carbocycles. The average molecular weight is 438 g/mol. The zero-order chi connectivity index (χ0) is 23.3. The first-order chi connectivity index (χ1) is 15.9. The minimum atomic E-state index is -0.714. The number of methoxy groups -OCH3 is 1. The van der Waals surface area contributed by atoms with Crippen molar-refractivity contribution in [3.63, 3.8) is 0 Å². The van der Waals surface area contributed by atoms with Gasteiger partial charge in [0.2, 0.25) is 0 Å². The molecule has 5 rings (SSSR count). The van der Waals surface area contributed by atoms with Gasteiger partial charge < -0.3 is 14.3 Å². The Hall–Kier alpha value is -4.64. The summed E-state index contributed by atoms with van der Waals surface area (Å²) in [7, 11) is 1.57. The molecule has 3 aromatic heterocycles. The van der Waals surface area contributed by atoms with Crippen LogP contribution in [0.25, 0.3) is 39.0 Å². The molecule has 0 saturated heterocycles. The maximum absolute atomic E-state index is 13.1. The Morgan fingerprint density at radius 2 is 1.91 bits per heavy atom. The highest BCUT2D eigenvalue weighted by Crippen LogP contribution is 2.37. The van der Waals surface area contributed by atoms with E-state index in [1.54, 1.807) is 57.4 Å². The lowest BCUT2D eigenvalue weighted by Crippen LogP contribution is -2.09. The molecule has 0 aliphatic heterocycles. The summed E-state index contributed by atoms with van der Waals surface area (Å²) in [6.45, 7) is 3.49. The second-order valence-electron chi connectivity index (χ2n) is 7.62. The lowest BCUT2D eigenvalue weighted by atomic mass is 9.98. The summed E-state index contributed by atoms with van der Waals surface area (Å²) in [5.74, 6) is 0.866. The van der Waals surface area contributed by atoms with Gasteiger partial charge in [-0.3, -0.25) is 0 Å². The number of nitriles is 1. The summed E-state index contributed by atoms with van der Waals surface area (Å²) in [4.78, 5) is 17.5. The Bertz CT molecular complexity index is 1660. The molecule has 5 aromatic rings. The summed E-state index contributed by atoms with van der Waals surface area (Å²) >= 11 is 0. The molecule has 0 amide bonds. The van der Waals surface area contributed by atoms with Gasteiger partial charge in [-0.05, 0) is 49.2 Å². The van der Waals surface area contributed by atoms with Crippen LogP contribution in [-0.4, -0.2) is 26.8 Å². The van der Waals surface area contributed by atoms with Gasteiger partial charge in [-0.25, -0.2) is 14.3 Å². The van der Waals surface area contributed by atoms with Gasteiger partial charge >= 0.3 is 5.63 Å². The molecule has 0 spiro atoms. The minimum Gasteiger partial charge on any atom is -0.506 e. The number of hydrogen-bond donors (Lipinski definition) is 1. The fourth-order valence-corrected chi connectivity index (χ4v) is 4.00. The first-order valence-corrected chi connectivity index (χ1v) is 10.1. The largest absolute Gasteiger partial charge is 0.506 e. The summed E-state index contributed by atoms with van der Waals surface area (Å²) in [6, 6.07) is 16.3.